The minimum absolute atomic E-state index is 0.0612. The molecule has 11 heteroatoms. The molecule has 0 aliphatic carbocycles. The highest BCUT2D eigenvalue weighted by Crippen LogP contribution is 2.44. The summed E-state index contributed by atoms with van der Waals surface area (Å²) in [5.74, 6) is 2.14. The third kappa shape index (κ3) is 8.34. The van der Waals surface area contributed by atoms with Crippen LogP contribution < -0.4 is 25.1 Å². The van der Waals surface area contributed by atoms with Gasteiger partial charge in [-0.05, 0) is 78.2 Å². The Kier molecular flexibility index (Phi) is 11.9. The van der Waals surface area contributed by atoms with Crippen LogP contribution in [0.4, 0.5) is 0 Å². The second-order valence-electron chi connectivity index (χ2n) is 10.9. The number of hydrogen-bond acceptors (Lipinski definition) is 8. The molecule has 1 heterocycles. The minimum Gasteiger partial charge on any atom is -0.497 e. The van der Waals surface area contributed by atoms with Gasteiger partial charge in [0.25, 0.3) is 5.91 Å². The number of amides is 1. The Hall–Kier alpha value is -3.90. The second-order valence-corrected chi connectivity index (χ2v) is 12.7. The van der Waals surface area contributed by atoms with Gasteiger partial charge in [-0.15, -0.1) is 0 Å². The fourth-order valence-electron chi connectivity index (χ4n) is 5.39. The van der Waals surface area contributed by atoms with Crippen molar-refractivity contribution in [3.63, 3.8) is 0 Å². The van der Waals surface area contributed by atoms with Gasteiger partial charge in [-0.25, -0.2) is 10.4 Å². The molecule has 0 unspecified atom stereocenters. The number of nitrogens with one attached hydrogen (secondary N) is 2. The summed E-state index contributed by atoms with van der Waals surface area (Å²) in [7, 11) is 3.25. The standard InChI is InChI=1S/C36H37Br2N3O6/c1-44-29-16-17-32(45-2)26(22-29)18-19-39-41-35(43)36(23-24-8-12-27(37)13-9-24)33(30-6-3-4-7-31(30)38)47-34(40-36)25-10-14-28(15-11-25)46-21-5-20-42/h3-4,6-17,22,33,39,42H,5,18-21,23H2,1-2H3,(H,41,43)/t33-,36-/m0/s1. The number of methoxy groups -OCH3 is 2. The summed E-state index contributed by atoms with van der Waals surface area (Å²) >= 11 is 7.21. The first-order valence-electron chi connectivity index (χ1n) is 15.2. The molecule has 0 radical (unpaired) electrons. The number of nitrogens with zero attached hydrogens (tertiary/aromatic N) is 1. The maximum Gasteiger partial charge on any atom is 0.266 e. The zero-order valence-corrected chi connectivity index (χ0v) is 29.3. The van der Waals surface area contributed by atoms with Gasteiger partial charge in [0.05, 0.1) is 20.8 Å². The Morgan fingerprint density at radius 3 is 2.40 bits per heavy atom. The largest absolute Gasteiger partial charge is 0.497 e. The molecule has 47 heavy (non-hydrogen) atoms. The van der Waals surface area contributed by atoms with Gasteiger partial charge < -0.3 is 24.1 Å². The highest BCUT2D eigenvalue weighted by Gasteiger charge is 2.54. The number of rotatable bonds is 15. The number of benzene rings is 4. The smallest absolute Gasteiger partial charge is 0.266 e. The van der Waals surface area contributed by atoms with Crippen molar-refractivity contribution in [1.82, 2.24) is 10.9 Å². The molecule has 246 valence electrons. The lowest BCUT2D eigenvalue weighted by Gasteiger charge is -2.31. The van der Waals surface area contributed by atoms with Crippen molar-refractivity contribution in [3.8, 4) is 17.2 Å². The van der Waals surface area contributed by atoms with E-state index in [0.717, 1.165) is 37.1 Å². The third-order valence-corrected chi connectivity index (χ3v) is 9.06. The molecule has 4 aromatic rings. The first-order chi connectivity index (χ1) is 22.9. The van der Waals surface area contributed by atoms with E-state index in [9.17, 15) is 4.79 Å². The van der Waals surface area contributed by atoms with Crippen LogP contribution in [-0.4, -0.2) is 56.4 Å². The molecular weight excluding hydrogens is 730 g/mol. The van der Waals surface area contributed by atoms with E-state index in [-0.39, 0.29) is 18.9 Å². The molecule has 4 aromatic carbocycles. The van der Waals surface area contributed by atoms with Gasteiger partial charge in [-0.2, -0.15) is 0 Å². The fourth-order valence-corrected chi connectivity index (χ4v) is 6.14. The topological polar surface area (TPSA) is 111 Å². The Balaban J connectivity index is 1.47. The average Bonchev–Trinajstić information content (AvgIpc) is 3.48. The molecule has 1 aliphatic heterocycles. The summed E-state index contributed by atoms with van der Waals surface area (Å²) in [4.78, 5) is 19.6. The molecule has 0 saturated heterocycles. The first-order valence-corrected chi connectivity index (χ1v) is 16.8. The van der Waals surface area contributed by atoms with Gasteiger partial charge in [0, 0.05) is 46.1 Å². The van der Waals surface area contributed by atoms with Gasteiger partial charge in [0.2, 0.25) is 5.90 Å². The predicted octanol–water partition coefficient (Wildman–Crippen LogP) is 6.35. The maximum absolute atomic E-state index is 14.5. The SMILES string of the molecule is COc1ccc(OC)c(CCNNC(=O)[C@@]2(Cc3ccc(Br)cc3)N=C(c3ccc(OCCCO)cc3)O[C@H]2c2ccccc2Br)c1. The van der Waals surface area contributed by atoms with Crippen molar-refractivity contribution >= 4 is 43.7 Å². The number of ether oxygens (including phenoxy) is 4. The van der Waals surface area contributed by atoms with E-state index in [1.165, 1.54) is 0 Å². The molecule has 0 aromatic heterocycles. The van der Waals surface area contributed by atoms with E-state index >= 15 is 0 Å². The van der Waals surface area contributed by atoms with Crippen LogP contribution in [0, 0.1) is 0 Å². The van der Waals surface area contributed by atoms with E-state index in [1.807, 2.05) is 91.0 Å². The average molecular weight is 768 g/mol. The lowest BCUT2D eigenvalue weighted by atomic mass is 9.82. The molecule has 1 amide bonds. The number of hydrogen-bond donors (Lipinski definition) is 3. The summed E-state index contributed by atoms with van der Waals surface area (Å²) in [6.07, 6.45) is 0.638. The Morgan fingerprint density at radius 2 is 1.70 bits per heavy atom. The molecule has 1 aliphatic rings. The van der Waals surface area contributed by atoms with Gasteiger partial charge in [-0.3, -0.25) is 10.2 Å². The minimum atomic E-state index is -1.37. The van der Waals surface area contributed by atoms with Crippen LogP contribution in [0.1, 0.15) is 34.8 Å². The Labute approximate surface area is 291 Å². The normalized spacial score (nSPS) is 17.0. The third-order valence-electron chi connectivity index (χ3n) is 7.81. The van der Waals surface area contributed by atoms with E-state index < -0.39 is 11.6 Å². The number of halogens is 2. The molecule has 0 fully saturated rings. The van der Waals surface area contributed by atoms with Crippen LogP contribution >= 0.6 is 31.9 Å². The van der Waals surface area contributed by atoms with Gasteiger partial charge in [0.15, 0.2) is 11.6 Å². The van der Waals surface area contributed by atoms with Crippen LogP contribution in [0.25, 0.3) is 0 Å². The summed E-state index contributed by atoms with van der Waals surface area (Å²) < 4.78 is 25.0. The molecule has 3 N–H and O–H groups in total. The Morgan fingerprint density at radius 1 is 0.957 bits per heavy atom. The summed E-state index contributed by atoms with van der Waals surface area (Å²) in [5, 5.41) is 9.08. The number of hydrazine groups is 1. The number of aliphatic imine (C=N–C) groups is 1. The summed E-state index contributed by atoms with van der Waals surface area (Å²) in [5.41, 5.74) is 8.06. The molecule has 9 nitrogen and oxygen atoms in total. The van der Waals surface area contributed by atoms with Crippen LogP contribution in [0.3, 0.4) is 0 Å². The van der Waals surface area contributed by atoms with Crippen molar-refractivity contribution in [2.24, 2.45) is 4.99 Å². The Bertz CT molecular complexity index is 1680. The van der Waals surface area contributed by atoms with Crippen molar-refractivity contribution < 1.29 is 28.8 Å². The molecular formula is C36H37Br2N3O6. The van der Waals surface area contributed by atoms with Crippen LogP contribution in [0.5, 0.6) is 17.2 Å². The number of carbonyl (C=O) groups is 1. The fraction of sp³-hybridized carbons (Fsp3) is 0.278. The summed E-state index contributed by atoms with van der Waals surface area (Å²) in [6.45, 7) is 0.899. The van der Waals surface area contributed by atoms with E-state index in [1.54, 1.807) is 14.2 Å². The van der Waals surface area contributed by atoms with Gasteiger partial charge >= 0.3 is 0 Å². The maximum atomic E-state index is 14.5. The van der Waals surface area contributed by atoms with Crippen LogP contribution in [0.2, 0.25) is 0 Å². The van der Waals surface area contributed by atoms with E-state index in [2.05, 4.69) is 42.7 Å². The molecule has 0 bridgehead atoms. The zero-order valence-electron chi connectivity index (χ0n) is 26.2. The van der Waals surface area contributed by atoms with Crippen molar-refractivity contribution in [2.75, 3.05) is 34.0 Å². The van der Waals surface area contributed by atoms with Gasteiger partial charge in [0.1, 0.15) is 17.2 Å². The summed E-state index contributed by atoms with van der Waals surface area (Å²) in [6, 6.07) is 28.6. The van der Waals surface area contributed by atoms with Crippen molar-refractivity contribution in [1.29, 1.82) is 0 Å². The molecule has 0 spiro atoms. The number of aliphatic hydroxyl groups excluding tert-OH is 1. The lowest BCUT2D eigenvalue weighted by Crippen LogP contribution is -2.54. The van der Waals surface area contributed by atoms with Gasteiger partial charge in [-0.1, -0.05) is 62.2 Å². The molecule has 5 rings (SSSR count). The van der Waals surface area contributed by atoms with E-state index in [4.69, 9.17) is 29.0 Å². The quantitative estimate of drug-likeness (QED) is 0.0956. The zero-order chi connectivity index (χ0) is 33.2. The van der Waals surface area contributed by atoms with Crippen molar-refractivity contribution in [2.45, 2.75) is 30.9 Å². The monoisotopic (exact) mass is 765 g/mol. The highest BCUT2D eigenvalue weighted by atomic mass is 79.9. The molecule has 0 saturated carbocycles. The predicted molar refractivity (Wildman–Crippen MR) is 188 cm³/mol. The lowest BCUT2D eigenvalue weighted by molar-refractivity contribution is -0.130. The number of aliphatic hydroxyl groups is 1. The highest BCUT2D eigenvalue weighted by molar-refractivity contribution is 9.10. The van der Waals surface area contributed by atoms with Crippen molar-refractivity contribution in [3.05, 3.63) is 122 Å². The second kappa shape index (κ2) is 16.3. The molecule has 2 atom stereocenters. The van der Waals surface area contributed by atoms with Crippen LogP contribution in [0.15, 0.2) is 105 Å². The number of carbonyl (C=O) groups excluding carboxylic acids is 1. The van der Waals surface area contributed by atoms with Crippen LogP contribution in [-0.2, 0) is 22.4 Å². The van der Waals surface area contributed by atoms with E-state index in [0.29, 0.717) is 43.2 Å². The first kappa shape index (κ1) is 34.4.